The van der Waals surface area contributed by atoms with Crippen molar-refractivity contribution in [1.29, 1.82) is 0 Å². The van der Waals surface area contributed by atoms with Gasteiger partial charge in [0.25, 0.3) is 0 Å². The summed E-state index contributed by atoms with van der Waals surface area (Å²) in [6.45, 7) is 4.39. The van der Waals surface area contributed by atoms with Gasteiger partial charge in [-0.05, 0) is 74.5 Å². The van der Waals surface area contributed by atoms with Crippen LogP contribution in [-0.4, -0.2) is 38.8 Å². The summed E-state index contributed by atoms with van der Waals surface area (Å²) in [5, 5.41) is 30.7. The minimum absolute atomic E-state index is 0.0376. The number of carbonyl (C=O) groups excluding carboxylic acids is 1. The minimum Gasteiger partial charge on any atom is -0.481 e. The van der Waals surface area contributed by atoms with Crippen LogP contribution in [0.3, 0.4) is 0 Å². The van der Waals surface area contributed by atoms with Gasteiger partial charge in [0.2, 0.25) is 0 Å². The van der Waals surface area contributed by atoms with Crippen molar-refractivity contribution < 1.29 is 24.9 Å². The standard InChI is InChI=1S/C23H34O5/c1-21-13-15(24)5-3-14(21)4-6-16-17(21)9-11-22(2)18(16)10-12-23(22,28)19(25)7-8-20(26)27/h4,15-18,24,28H,3,5-13H2,1-2H3,(H,26,27)/t15?,16-,17+,18+,21+,22+,23+/m1/s1. The largest absolute Gasteiger partial charge is 0.481 e. The van der Waals surface area contributed by atoms with Crippen molar-refractivity contribution in [3.8, 4) is 0 Å². The maximum absolute atomic E-state index is 12.9. The fraction of sp³-hybridized carbons (Fsp3) is 0.826. The van der Waals surface area contributed by atoms with Crippen LogP contribution in [0.25, 0.3) is 0 Å². The second kappa shape index (κ2) is 6.66. The molecule has 0 aromatic rings. The Labute approximate surface area is 167 Å². The lowest BCUT2D eigenvalue weighted by atomic mass is 9.46. The van der Waals surface area contributed by atoms with Gasteiger partial charge in [0, 0.05) is 11.8 Å². The topological polar surface area (TPSA) is 94.8 Å². The normalized spacial score (nSPS) is 47.5. The van der Waals surface area contributed by atoms with Crippen LogP contribution in [0.4, 0.5) is 0 Å². The number of hydrogen-bond donors (Lipinski definition) is 3. The molecule has 7 atom stereocenters. The molecule has 5 nitrogen and oxygen atoms in total. The molecule has 156 valence electrons. The summed E-state index contributed by atoms with van der Waals surface area (Å²) in [7, 11) is 0. The number of fused-ring (bicyclic) bond motifs is 5. The number of Topliss-reactive ketones (excluding diaryl/α,β-unsaturated/α-hetero) is 1. The van der Waals surface area contributed by atoms with E-state index >= 15 is 0 Å². The molecule has 5 heteroatoms. The molecule has 0 bridgehead atoms. The lowest BCUT2D eigenvalue weighted by Crippen LogP contribution is -2.57. The second-order valence-electron chi connectivity index (χ2n) is 10.3. The smallest absolute Gasteiger partial charge is 0.303 e. The van der Waals surface area contributed by atoms with Crippen LogP contribution in [0.1, 0.15) is 78.1 Å². The van der Waals surface area contributed by atoms with E-state index in [0.29, 0.717) is 18.3 Å². The van der Waals surface area contributed by atoms with Gasteiger partial charge in [-0.1, -0.05) is 25.5 Å². The van der Waals surface area contributed by atoms with Gasteiger partial charge in [-0.15, -0.1) is 0 Å². The molecule has 3 fully saturated rings. The van der Waals surface area contributed by atoms with E-state index in [1.165, 1.54) is 5.57 Å². The van der Waals surface area contributed by atoms with E-state index < -0.39 is 17.0 Å². The van der Waals surface area contributed by atoms with Gasteiger partial charge in [0.05, 0.1) is 12.5 Å². The lowest BCUT2D eigenvalue weighted by Gasteiger charge is -2.58. The van der Waals surface area contributed by atoms with E-state index in [4.69, 9.17) is 5.11 Å². The number of aliphatic hydroxyl groups is 2. The number of rotatable bonds is 4. The first-order valence-corrected chi connectivity index (χ1v) is 11.0. The van der Waals surface area contributed by atoms with E-state index in [1.807, 2.05) is 0 Å². The first kappa shape index (κ1) is 20.1. The minimum atomic E-state index is -1.39. The molecule has 3 saturated carbocycles. The Bertz CT molecular complexity index is 714. The zero-order valence-electron chi connectivity index (χ0n) is 17.1. The van der Waals surface area contributed by atoms with E-state index in [2.05, 4.69) is 19.9 Å². The zero-order chi connectivity index (χ0) is 20.3. The Kier molecular flexibility index (Phi) is 4.78. The van der Waals surface area contributed by atoms with Gasteiger partial charge in [-0.2, -0.15) is 0 Å². The molecule has 0 heterocycles. The predicted molar refractivity (Wildman–Crippen MR) is 105 cm³/mol. The number of aliphatic hydroxyl groups excluding tert-OH is 1. The van der Waals surface area contributed by atoms with Crippen LogP contribution >= 0.6 is 0 Å². The number of aliphatic carboxylic acids is 1. The summed E-state index contributed by atoms with van der Waals surface area (Å²) in [6.07, 6.45) is 8.58. The van der Waals surface area contributed by atoms with Crippen LogP contribution in [-0.2, 0) is 9.59 Å². The number of ketones is 1. The van der Waals surface area contributed by atoms with Gasteiger partial charge in [0.1, 0.15) is 5.60 Å². The van der Waals surface area contributed by atoms with Crippen molar-refractivity contribution in [2.24, 2.45) is 28.6 Å². The molecule has 0 aromatic carbocycles. The molecule has 0 spiro atoms. The fourth-order valence-corrected chi connectivity index (χ4v) is 7.64. The molecule has 0 radical (unpaired) electrons. The third-order valence-corrected chi connectivity index (χ3v) is 9.21. The summed E-state index contributed by atoms with van der Waals surface area (Å²) in [5.74, 6) is -0.0754. The first-order chi connectivity index (χ1) is 13.1. The monoisotopic (exact) mass is 390 g/mol. The van der Waals surface area contributed by atoms with Crippen molar-refractivity contribution in [2.45, 2.75) is 89.8 Å². The van der Waals surface area contributed by atoms with E-state index in [0.717, 1.165) is 44.9 Å². The summed E-state index contributed by atoms with van der Waals surface area (Å²) >= 11 is 0. The molecule has 0 saturated heterocycles. The van der Waals surface area contributed by atoms with Crippen LogP contribution in [0.2, 0.25) is 0 Å². The molecule has 4 aliphatic rings. The van der Waals surface area contributed by atoms with E-state index in [9.17, 15) is 19.8 Å². The summed E-state index contributed by atoms with van der Waals surface area (Å²) in [4.78, 5) is 23.8. The number of carboxylic acid groups (broad SMARTS) is 1. The van der Waals surface area contributed by atoms with E-state index in [-0.39, 0.29) is 36.1 Å². The Morgan fingerprint density at radius 3 is 2.54 bits per heavy atom. The van der Waals surface area contributed by atoms with Gasteiger partial charge < -0.3 is 15.3 Å². The first-order valence-electron chi connectivity index (χ1n) is 11.0. The maximum atomic E-state index is 12.9. The molecule has 0 aromatic heterocycles. The molecule has 28 heavy (non-hydrogen) atoms. The highest BCUT2D eigenvalue weighted by atomic mass is 16.4. The van der Waals surface area contributed by atoms with Crippen molar-refractivity contribution in [1.82, 2.24) is 0 Å². The van der Waals surface area contributed by atoms with Crippen molar-refractivity contribution in [3.05, 3.63) is 11.6 Å². The SMILES string of the molecule is C[C@]12CC(O)CCC1=CC[C@@H]1[C@@H]2CC[C@@]2(C)[C@H]1CC[C@]2(O)C(=O)CCC(=O)O. The Balaban J connectivity index is 1.61. The molecule has 4 rings (SSSR count). The van der Waals surface area contributed by atoms with E-state index in [1.54, 1.807) is 0 Å². The second-order valence-corrected chi connectivity index (χ2v) is 10.3. The average Bonchev–Trinajstić information content (AvgIpc) is 2.91. The lowest BCUT2D eigenvalue weighted by molar-refractivity contribution is -0.162. The molecule has 4 aliphatic carbocycles. The Morgan fingerprint density at radius 2 is 1.82 bits per heavy atom. The van der Waals surface area contributed by atoms with Gasteiger partial charge in [0.15, 0.2) is 5.78 Å². The quantitative estimate of drug-likeness (QED) is 0.639. The van der Waals surface area contributed by atoms with Crippen LogP contribution in [0.5, 0.6) is 0 Å². The molecule has 0 aliphatic heterocycles. The number of hydrogen-bond acceptors (Lipinski definition) is 4. The van der Waals surface area contributed by atoms with Crippen molar-refractivity contribution in [2.75, 3.05) is 0 Å². The number of carbonyl (C=O) groups is 2. The predicted octanol–water partition coefficient (Wildman–Crippen LogP) is 3.48. The fourth-order valence-electron chi connectivity index (χ4n) is 7.64. The molecule has 1 unspecified atom stereocenters. The Morgan fingerprint density at radius 1 is 1.11 bits per heavy atom. The average molecular weight is 391 g/mol. The van der Waals surface area contributed by atoms with Crippen molar-refractivity contribution >= 4 is 11.8 Å². The number of allylic oxidation sites excluding steroid dienone is 2. The maximum Gasteiger partial charge on any atom is 0.303 e. The Hall–Kier alpha value is -1.20. The third-order valence-electron chi connectivity index (χ3n) is 9.21. The highest BCUT2D eigenvalue weighted by Gasteiger charge is 2.65. The van der Waals surface area contributed by atoms with Gasteiger partial charge in [-0.3, -0.25) is 9.59 Å². The molecule has 3 N–H and O–H groups in total. The third kappa shape index (κ3) is 2.72. The molecule has 0 amide bonds. The van der Waals surface area contributed by atoms with Crippen molar-refractivity contribution in [3.63, 3.8) is 0 Å². The van der Waals surface area contributed by atoms with Crippen LogP contribution in [0, 0.1) is 28.6 Å². The summed E-state index contributed by atoms with van der Waals surface area (Å²) in [6, 6.07) is 0. The number of carboxylic acids is 1. The zero-order valence-corrected chi connectivity index (χ0v) is 17.1. The van der Waals surface area contributed by atoms with Crippen LogP contribution in [0.15, 0.2) is 11.6 Å². The molecular formula is C23H34O5. The highest BCUT2D eigenvalue weighted by molar-refractivity contribution is 5.90. The molecular weight excluding hydrogens is 356 g/mol. The van der Waals surface area contributed by atoms with Gasteiger partial charge >= 0.3 is 5.97 Å². The summed E-state index contributed by atoms with van der Waals surface area (Å²) < 4.78 is 0. The summed E-state index contributed by atoms with van der Waals surface area (Å²) in [5.41, 5.74) is -0.322. The highest BCUT2D eigenvalue weighted by Crippen LogP contribution is 2.67. The van der Waals surface area contributed by atoms with Crippen LogP contribution < -0.4 is 0 Å². The van der Waals surface area contributed by atoms with Gasteiger partial charge in [-0.25, -0.2) is 0 Å².